The smallest absolute Gasteiger partial charge is 0.339 e. The van der Waals surface area contributed by atoms with Crippen LogP contribution in [0.2, 0.25) is 0 Å². The number of aliphatic hydroxyl groups is 1. The van der Waals surface area contributed by atoms with Crippen LogP contribution in [0.3, 0.4) is 0 Å². The Morgan fingerprint density at radius 2 is 1.27 bits per heavy atom. The van der Waals surface area contributed by atoms with Gasteiger partial charge >= 0.3 is 19.5 Å². The molecule has 1 aliphatic heterocycles. The molecule has 1 atom stereocenters. The van der Waals surface area contributed by atoms with E-state index in [4.69, 9.17) is 4.74 Å². The van der Waals surface area contributed by atoms with Crippen LogP contribution < -0.4 is 0 Å². The van der Waals surface area contributed by atoms with Crippen LogP contribution in [-0.4, -0.2) is 148 Å². The van der Waals surface area contributed by atoms with Crippen molar-refractivity contribution in [2.24, 2.45) is 0 Å². The number of carbonyl (C=O) groups is 2. The van der Waals surface area contributed by atoms with Gasteiger partial charge in [0.05, 0.1) is 32.4 Å². The van der Waals surface area contributed by atoms with E-state index in [0.717, 1.165) is 5.56 Å². The molecular formula is C23H39N4O9P. The first kappa shape index (κ1) is 31.3. The van der Waals surface area contributed by atoms with E-state index in [1.807, 2.05) is 35.2 Å². The molecule has 14 heteroatoms. The fourth-order valence-corrected chi connectivity index (χ4v) is 4.90. The zero-order valence-electron chi connectivity index (χ0n) is 21.0. The van der Waals surface area contributed by atoms with E-state index in [1.165, 1.54) is 4.90 Å². The first-order chi connectivity index (χ1) is 17.5. The largest absolute Gasteiger partial charge is 0.480 e. The topological polar surface area (TPSA) is 175 Å². The summed E-state index contributed by atoms with van der Waals surface area (Å²) in [6.45, 7) is 2.79. The highest BCUT2D eigenvalue weighted by Crippen LogP contribution is 2.34. The van der Waals surface area contributed by atoms with Crippen molar-refractivity contribution >= 4 is 19.5 Å². The number of hydrogen-bond donors (Lipinski definition) is 5. The SMILES string of the molecule is O=C(O)CN1CCN(CC(O)COCc2ccccc2)CCN(CC(=O)O)CCN(CP(=O)(O)O)CC1. The number of β-amino-alcohol motifs (C(OH)–C–C–N with tert-alkyl or cyclic N) is 1. The number of nitrogens with zero attached hydrogens (tertiary/aromatic N) is 4. The van der Waals surface area contributed by atoms with Crippen molar-refractivity contribution in [1.82, 2.24) is 19.6 Å². The molecule has 0 amide bonds. The second-order valence-electron chi connectivity index (χ2n) is 9.22. The molecule has 0 saturated carbocycles. The fourth-order valence-electron chi connectivity index (χ4n) is 4.10. The van der Waals surface area contributed by atoms with E-state index in [1.54, 1.807) is 9.80 Å². The number of hydrogen-bond acceptors (Lipinski definition) is 9. The van der Waals surface area contributed by atoms with Crippen molar-refractivity contribution in [3.8, 4) is 0 Å². The summed E-state index contributed by atoms with van der Waals surface area (Å²) < 4.78 is 17.2. The molecule has 1 aliphatic rings. The van der Waals surface area contributed by atoms with E-state index >= 15 is 0 Å². The van der Waals surface area contributed by atoms with E-state index in [-0.39, 0.29) is 52.4 Å². The van der Waals surface area contributed by atoms with Crippen LogP contribution in [0.25, 0.3) is 0 Å². The van der Waals surface area contributed by atoms with Gasteiger partial charge in [-0.25, -0.2) is 0 Å². The third kappa shape index (κ3) is 14.6. The number of aliphatic hydroxyl groups excluding tert-OH is 1. The van der Waals surface area contributed by atoms with Crippen molar-refractivity contribution < 1.29 is 44.0 Å². The standard InChI is InChI=1S/C23H39N4O9P/c28-21(18-36-17-20-4-2-1-3-5-20)14-24-6-8-25(15-22(29)30)10-12-27(19-37(33,34)35)13-11-26(9-7-24)16-23(31)32/h1-5,21,28H,6-19H2,(H,29,30)(H,31,32)(H2,33,34,35). The maximum absolute atomic E-state index is 11.6. The summed E-state index contributed by atoms with van der Waals surface area (Å²) in [5, 5.41) is 29.2. The molecule has 13 nitrogen and oxygen atoms in total. The molecule has 1 aromatic carbocycles. The Balaban J connectivity index is 2.04. The van der Waals surface area contributed by atoms with Gasteiger partial charge in [-0.05, 0) is 5.56 Å². The van der Waals surface area contributed by atoms with E-state index in [2.05, 4.69) is 0 Å². The predicted octanol–water partition coefficient (Wildman–Crippen LogP) is -0.910. The molecule has 1 heterocycles. The maximum Gasteiger partial charge on any atom is 0.339 e. The zero-order chi connectivity index (χ0) is 27.3. The van der Waals surface area contributed by atoms with E-state index in [0.29, 0.717) is 32.8 Å². The molecule has 1 aromatic rings. The molecule has 1 saturated heterocycles. The quantitative estimate of drug-likeness (QED) is 0.204. The molecular weight excluding hydrogens is 507 g/mol. The lowest BCUT2D eigenvalue weighted by molar-refractivity contribution is -0.139. The predicted molar refractivity (Wildman–Crippen MR) is 135 cm³/mol. The van der Waals surface area contributed by atoms with E-state index < -0.39 is 31.9 Å². The van der Waals surface area contributed by atoms with Crippen LogP contribution in [0.1, 0.15) is 5.56 Å². The minimum Gasteiger partial charge on any atom is -0.480 e. The van der Waals surface area contributed by atoms with Crippen molar-refractivity contribution in [3.63, 3.8) is 0 Å². The van der Waals surface area contributed by atoms with Crippen LogP contribution >= 0.6 is 7.60 Å². The van der Waals surface area contributed by atoms with Gasteiger partial charge in [0, 0.05) is 58.9 Å². The van der Waals surface area contributed by atoms with Crippen LogP contribution in [0, 0.1) is 0 Å². The molecule has 0 aliphatic carbocycles. The molecule has 0 bridgehead atoms. The third-order valence-corrected chi connectivity index (χ3v) is 6.69. The summed E-state index contributed by atoms with van der Waals surface area (Å²) in [7, 11) is -4.35. The molecule has 37 heavy (non-hydrogen) atoms. The highest BCUT2D eigenvalue weighted by atomic mass is 31.2. The Morgan fingerprint density at radius 1 is 0.811 bits per heavy atom. The monoisotopic (exact) mass is 546 g/mol. The van der Waals surface area contributed by atoms with Gasteiger partial charge in [-0.1, -0.05) is 30.3 Å². The van der Waals surface area contributed by atoms with Crippen LogP contribution in [0.4, 0.5) is 0 Å². The number of rotatable bonds is 12. The fraction of sp³-hybridized carbons (Fsp3) is 0.652. The van der Waals surface area contributed by atoms with Crippen molar-refractivity contribution in [3.05, 3.63) is 35.9 Å². The van der Waals surface area contributed by atoms with Crippen LogP contribution in [0.5, 0.6) is 0 Å². The number of carboxylic acids is 2. The summed E-state index contributed by atoms with van der Waals surface area (Å²) in [6.07, 6.45) is -1.29. The van der Waals surface area contributed by atoms with Crippen molar-refractivity contribution in [2.75, 3.05) is 84.9 Å². The Bertz CT molecular complexity index is 841. The van der Waals surface area contributed by atoms with Gasteiger partial charge in [0.15, 0.2) is 0 Å². The number of aliphatic carboxylic acids is 2. The maximum atomic E-state index is 11.6. The second kappa shape index (κ2) is 16.1. The minimum absolute atomic E-state index is 0.112. The molecule has 2 rings (SSSR count). The lowest BCUT2D eigenvalue weighted by atomic mass is 10.2. The van der Waals surface area contributed by atoms with Crippen LogP contribution in [-0.2, 0) is 25.5 Å². The highest BCUT2D eigenvalue weighted by molar-refractivity contribution is 7.51. The zero-order valence-corrected chi connectivity index (χ0v) is 21.9. The molecule has 0 spiro atoms. The molecule has 5 N–H and O–H groups in total. The van der Waals surface area contributed by atoms with Gasteiger partial charge in [0.25, 0.3) is 0 Å². The summed E-state index contributed by atoms with van der Waals surface area (Å²) in [4.78, 5) is 48.5. The lowest BCUT2D eigenvalue weighted by Crippen LogP contribution is -2.49. The number of benzene rings is 1. The molecule has 210 valence electrons. The van der Waals surface area contributed by atoms with Crippen molar-refractivity contribution in [1.29, 1.82) is 0 Å². The minimum atomic E-state index is -4.35. The first-order valence-electron chi connectivity index (χ1n) is 12.2. The van der Waals surface area contributed by atoms with Gasteiger partial charge in [-0.2, -0.15) is 0 Å². The van der Waals surface area contributed by atoms with Gasteiger partial charge in [0.1, 0.15) is 6.29 Å². The molecule has 0 aromatic heterocycles. The third-order valence-electron chi connectivity index (χ3n) is 5.92. The normalized spacial score (nSPS) is 19.1. The Labute approximate surface area is 217 Å². The summed E-state index contributed by atoms with van der Waals surface area (Å²) >= 11 is 0. The molecule has 1 unspecified atom stereocenters. The Hall–Kier alpha value is -1.93. The highest BCUT2D eigenvalue weighted by Gasteiger charge is 2.23. The molecule has 1 fully saturated rings. The average Bonchev–Trinajstić information content (AvgIpc) is 2.80. The summed E-state index contributed by atoms with van der Waals surface area (Å²) in [5.41, 5.74) is 0.988. The van der Waals surface area contributed by atoms with Gasteiger partial charge in [-0.15, -0.1) is 0 Å². The first-order valence-corrected chi connectivity index (χ1v) is 14.0. The molecule has 0 radical (unpaired) electrons. The van der Waals surface area contributed by atoms with E-state index in [9.17, 15) is 39.3 Å². The average molecular weight is 547 g/mol. The Morgan fingerprint density at radius 3 is 1.73 bits per heavy atom. The van der Waals surface area contributed by atoms with Gasteiger partial charge < -0.3 is 29.8 Å². The second-order valence-corrected chi connectivity index (χ2v) is 10.8. The van der Waals surface area contributed by atoms with Gasteiger partial charge in [0.2, 0.25) is 0 Å². The summed E-state index contributed by atoms with van der Waals surface area (Å²) in [5.74, 6) is -2.02. The van der Waals surface area contributed by atoms with Gasteiger partial charge in [-0.3, -0.25) is 33.8 Å². The lowest BCUT2D eigenvalue weighted by Gasteiger charge is -2.34. The van der Waals surface area contributed by atoms with Crippen LogP contribution in [0.15, 0.2) is 30.3 Å². The number of ether oxygens (including phenoxy) is 1. The van der Waals surface area contributed by atoms with Crippen molar-refractivity contribution in [2.45, 2.75) is 12.7 Å². The Kier molecular flexibility index (Phi) is 13.6. The number of carboxylic acid groups (broad SMARTS) is 2. The summed E-state index contributed by atoms with van der Waals surface area (Å²) in [6, 6.07) is 9.58.